The van der Waals surface area contributed by atoms with E-state index in [-0.39, 0.29) is 4.90 Å². The van der Waals surface area contributed by atoms with Crippen LogP contribution in [0.4, 0.5) is 5.69 Å². The van der Waals surface area contributed by atoms with Crippen molar-refractivity contribution in [1.29, 1.82) is 0 Å². The van der Waals surface area contributed by atoms with E-state index in [0.717, 1.165) is 11.1 Å². The van der Waals surface area contributed by atoms with Crippen molar-refractivity contribution in [2.24, 2.45) is 0 Å². The van der Waals surface area contributed by atoms with E-state index in [2.05, 4.69) is 14.8 Å². The smallest absolute Gasteiger partial charge is 0.344 e. The zero-order chi connectivity index (χ0) is 23.3. The van der Waals surface area contributed by atoms with Gasteiger partial charge in [0.2, 0.25) is 15.9 Å². The molecule has 0 aliphatic carbocycles. The molecule has 2 aromatic rings. The molecular weight excluding hydrogens is 426 g/mol. The van der Waals surface area contributed by atoms with Gasteiger partial charge in [-0.25, -0.2) is 22.7 Å². The van der Waals surface area contributed by atoms with Crippen molar-refractivity contribution < 1.29 is 32.6 Å². The zero-order valence-corrected chi connectivity index (χ0v) is 18.4. The number of rotatable bonds is 9. The van der Waals surface area contributed by atoms with E-state index in [1.54, 1.807) is 18.2 Å². The topological polar surface area (TPSA) is 142 Å². The molecule has 0 fully saturated rings. The highest BCUT2D eigenvalue weighted by molar-refractivity contribution is 7.89. The quantitative estimate of drug-likeness (QED) is 0.473. The number of ether oxygens (including phenoxy) is 1. The maximum atomic E-state index is 12.8. The number of carbonyl (C=O) groups is 3. The maximum absolute atomic E-state index is 12.8. The highest BCUT2D eigenvalue weighted by Crippen LogP contribution is 2.29. The molecule has 2 aromatic carbocycles. The van der Waals surface area contributed by atoms with Crippen LogP contribution in [0.5, 0.6) is 0 Å². The van der Waals surface area contributed by atoms with E-state index in [9.17, 15) is 22.8 Å². The molecule has 31 heavy (non-hydrogen) atoms. The van der Waals surface area contributed by atoms with Gasteiger partial charge < -0.3 is 20.1 Å². The Morgan fingerprint density at radius 2 is 1.68 bits per heavy atom. The summed E-state index contributed by atoms with van der Waals surface area (Å²) in [5.74, 6) is -3.05. The van der Waals surface area contributed by atoms with Gasteiger partial charge in [0.05, 0.1) is 11.4 Å². The summed E-state index contributed by atoms with van der Waals surface area (Å²) in [5, 5.41) is 12.3. The lowest BCUT2D eigenvalue weighted by Crippen LogP contribution is -2.45. The summed E-state index contributed by atoms with van der Waals surface area (Å²) in [6.07, 6.45) is -1.37. The molecule has 0 saturated heterocycles. The van der Waals surface area contributed by atoms with Crippen LogP contribution < -0.4 is 14.9 Å². The first kappa shape index (κ1) is 24.1. The number of esters is 1. The molecule has 0 spiro atoms. The fraction of sp³-hybridized carbons (Fsp3) is 0.350. The third-order valence-electron chi connectivity index (χ3n) is 4.42. The van der Waals surface area contributed by atoms with Gasteiger partial charge in [-0.15, -0.1) is 0 Å². The van der Waals surface area contributed by atoms with E-state index in [4.69, 9.17) is 5.11 Å². The van der Waals surface area contributed by atoms with Crippen molar-refractivity contribution in [3.05, 3.63) is 36.4 Å². The SMILES string of the molecule is C[C@H](NC(=O)CNS(=O)(=O)c1cccc2c(N(C)C)cccc12)C(=O)O[C@H](C)C(=O)O. The van der Waals surface area contributed by atoms with Crippen molar-refractivity contribution in [2.75, 3.05) is 25.5 Å². The predicted molar refractivity (Wildman–Crippen MR) is 114 cm³/mol. The molecule has 0 aliphatic heterocycles. The van der Waals surface area contributed by atoms with E-state index in [0.29, 0.717) is 5.39 Å². The van der Waals surface area contributed by atoms with E-state index in [1.807, 2.05) is 31.1 Å². The van der Waals surface area contributed by atoms with E-state index in [1.165, 1.54) is 19.9 Å². The van der Waals surface area contributed by atoms with Gasteiger partial charge in [0, 0.05) is 30.6 Å². The van der Waals surface area contributed by atoms with Gasteiger partial charge in [0.15, 0.2) is 6.10 Å². The second-order valence-electron chi connectivity index (χ2n) is 7.05. The maximum Gasteiger partial charge on any atom is 0.344 e. The summed E-state index contributed by atoms with van der Waals surface area (Å²) >= 11 is 0. The largest absolute Gasteiger partial charge is 0.479 e. The minimum absolute atomic E-state index is 0.0178. The lowest BCUT2D eigenvalue weighted by molar-refractivity contribution is -0.164. The van der Waals surface area contributed by atoms with Crippen LogP contribution >= 0.6 is 0 Å². The average molecular weight is 452 g/mol. The lowest BCUT2D eigenvalue weighted by atomic mass is 10.1. The Morgan fingerprint density at radius 1 is 1.06 bits per heavy atom. The Bertz CT molecular complexity index is 1100. The van der Waals surface area contributed by atoms with Crippen LogP contribution in [0.15, 0.2) is 41.3 Å². The Balaban J connectivity index is 2.10. The Morgan fingerprint density at radius 3 is 2.29 bits per heavy atom. The summed E-state index contributed by atoms with van der Waals surface area (Å²) in [5.41, 5.74) is 0.843. The second kappa shape index (κ2) is 9.75. The third-order valence-corrected chi connectivity index (χ3v) is 5.88. The molecule has 3 N–H and O–H groups in total. The van der Waals surface area contributed by atoms with Crippen LogP contribution in [0, 0.1) is 0 Å². The summed E-state index contributed by atoms with van der Waals surface area (Å²) in [6.45, 7) is 1.86. The number of sulfonamides is 1. The molecule has 0 bridgehead atoms. The van der Waals surface area contributed by atoms with Crippen LogP contribution in [0.1, 0.15) is 13.8 Å². The first-order chi connectivity index (χ1) is 14.4. The van der Waals surface area contributed by atoms with E-state index >= 15 is 0 Å². The van der Waals surface area contributed by atoms with Crippen molar-refractivity contribution in [1.82, 2.24) is 10.0 Å². The van der Waals surface area contributed by atoms with Crippen molar-refractivity contribution in [2.45, 2.75) is 30.9 Å². The highest BCUT2D eigenvalue weighted by atomic mass is 32.2. The molecule has 0 heterocycles. The molecule has 0 saturated carbocycles. The molecule has 0 unspecified atom stereocenters. The number of nitrogens with zero attached hydrogens (tertiary/aromatic N) is 1. The number of hydrogen-bond acceptors (Lipinski definition) is 7. The molecule has 0 aromatic heterocycles. The minimum Gasteiger partial charge on any atom is -0.479 e. The number of anilines is 1. The number of carboxylic acid groups (broad SMARTS) is 1. The van der Waals surface area contributed by atoms with Gasteiger partial charge in [0.1, 0.15) is 6.04 Å². The number of hydrogen-bond donors (Lipinski definition) is 3. The van der Waals surface area contributed by atoms with Crippen molar-refractivity contribution in [3.8, 4) is 0 Å². The van der Waals surface area contributed by atoms with Crippen LogP contribution in [0.3, 0.4) is 0 Å². The standard InChI is InChI=1S/C20H25N3O7S/c1-12(20(27)30-13(2)19(25)26)22-18(24)11-21-31(28,29)17-10-6-7-14-15(17)8-5-9-16(14)23(3)4/h5-10,12-13,21H,11H2,1-4H3,(H,22,24)(H,25,26)/t12-,13+/m0/s1. The summed E-state index contributed by atoms with van der Waals surface area (Å²) < 4.78 is 32.5. The first-order valence-corrected chi connectivity index (χ1v) is 10.8. The second-order valence-corrected chi connectivity index (χ2v) is 8.79. The fourth-order valence-corrected chi connectivity index (χ4v) is 4.01. The summed E-state index contributed by atoms with van der Waals surface area (Å²) in [6, 6.07) is 9.00. The molecule has 1 amide bonds. The van der Waals surface area contributed by atoms with Crippen molar-refractivity contribution >= 4 is 44.3 Å². The normalized spacial score (nSPS) is 13.3. The molecular formula is C20H25N3O7S. The first-order valence-electron chi connectivity index (χ1n) is 9.35. The van der Waals surface area contributed by atoms with E-state index < -0.39 is 46.6 Å². The minimum atomic E-state index is -4.03. The Labute approximate surface area is 180 Å². The third kappa shape index (κ3) is 5.92. The molecule has 0 radical (unpaired) electrons. The summed E-state index contributed by atoms with van der Waals surface area (Å²) in [7, 11) is -0.336. The highest BCUT2D eigenvalue weighted by Gasteiger charge is 2.24. The number of aliphatic carboxylic acids is 1. The number of carbonyl (C=O) groups excluding carboxylic acids is 2. The van der Waals surface area contributed by atoms with Gasteiger partial charge in [-0.2, -0.15) is 0 Å². The van der Waals surface area contributed by atoms with Gasteiger partial charge in [-0.3, -0.25) is 4.79 Å². The Kier molecular flexibility index (Phi) is 7.58. The predicted octanol–water partition coefficient (Wildman–Crippen LogP) is 0.705. The molecule has 0 aliphatic rings. The monoisotopic (exact) mass is 451 g/mol. The molecule has 168 valence electrons. The van der Waals surface area contributed by atoms with Crippen LogP contribution in [0.25, 0.3) is 10.8 Å². The van der Waals surface area contributed by atoms with Gasteiger partial charge in [0.25, 0.3) is 0 Å². The molecule has 2 rings (SSSR count). The van der Waals surface area contributed by atoms with Crippen LogP contribution in [0.2, 0.25) is 0 Å². The number of benzene rings is 2. The molecule has 10 nitrogen and oxygen atoms in total. The van der Waals surface area contributed by atoms with Crippen LogP contribution in [-0.4, -0.2) is 64.2 Å². The zero-order valence-electron chi connectivity index (χ0n) is 17.6. The number of nitrogens with one attached hydrogen (secondary N) is 2. The van der Waals surface area contributed by atoms with Crippen molar-refractivity contribution in [3.63, 3.8) is 0 Å². The number of carboxylic acids is 1. The fourth-order valence-electron chi connectivity index (χ4n) is 2.81. The average Bonchev–Trinajstić information content (AvgIpc) is 2.71. The molecule has 11 heteroatoms. The summed E-state index contributed by atoms with van der Waals surface area (Å²) in [4.78, 5) is 36.5. The van der Waals surface area contributed by atoms with Crippen LogP contribution in [-0.2, 0) is 29.1 Å². The van der Waals surface area contributed by atoms with Gasteiger partial charge in [-0.05, 0) is 26.0 Å². The van der Waals surface area contributed by atoms with Gasteiger partial charge in [-0.1, -0.05) is 24.3 Å². The lowest BCUT2D eigenvalue weighted by Gasteiger charge is -2.17. The van der Waals surface area contributed by atoms with Gasteiger partial charge >= 0.3 is 11.9 Å². The molecule has 2 atom stereocenters. The number of fused-ring (bicyclic) bond motifs is 1. The Hall–Kier alpha value is -3.18. The number of amides is 1.